The Morgan fingerprint density at radius 3 is 2.56 bits per heavy atom. The van der Waals surface area contributed by atoms with Crippen LogP contribution in [0.2, 0.25) is 0 Å². The van der Waals surface area contributed by atoms with Crippen molar-refractivity contribution < 1.29 is 4.74 Å². The summed E-state index contributed by atoms with van der Waals surface area (Å²) >= 11 is 0. The number of nitrogens with zero attached hydrogens (tertiary/aromatic N) is 2. The molecule has 1 aliphatic rings. The van der Waals surface area contributed by atoms with Crippen molar-refractivity contribution in [3.05, 3.63) is 0 Å². The quantitative estimate of drug-likeness (QED) is 0.688. The maximum absolute atomic E-state index is 5.84. The third-order valence-corrected chi connectivity index (χ3v) is 3.20. The van der Waals surface area contributed by atoms with E-state index in [0.29, 0.717) is 6.10 Å². The number of hydrogen-bond donors (Lipinski definition) is 0. The zero-order valence-electron chi connectivity index (χ0n) is 11.4. The highest BCUT2D eigenvalue weighted by molar-refractivity contribution is 4.75. The standard InChI is InChI=1S/C13H28N2O/c1-5-14(6-2)10-13-11-15(7-8-16-13)9-12(3)4/h12-13H,5-11H2,1-4H3. The summed E-state index contributed by atoms with van der Waals surface area (Å²) in [6, 6.07) is 0. The minimum atomic E-state index is 0.410. The van der Waals surface area contributed by atoms with Crippen LogP contribution < -0.4 is 0 Å². The molecule has 1 atom stereocenters. The van der Waals surface area contributed by atoms with Gasteiger partial charge in [0.1, 0.15) is 0 Å². The first-order valence-corrected chi connectivity index (χ1v) is 6.72. The molecule has 1 saturated heterocycles. The van der Waals surface area contributed by atoms with Crippen molar-refractivity contribution in [1.29, 1.82) is 0 Å². The van der Waals surface area contributed by atoms with Crippen LogP contribution in [0.3, 0.4) is 0 Å². The van der Waals surface area contributed by atoms with Crippen molar-refractivity contribution in [2.75, 3.05) is 45.9 Å². The number of ether oxygens (including phenoxy) is 1. The third kappa shape index (κ3) is 4.81. The van der Waals surface area contributed by atoms with Gasteiger partial charge in [0, 0.05) is 26.2 Å². The van der Waals surface area contributed by atoms with Crippen LogP contribution in [0.25, 0.3) is 0 Å². The van der Waals surface area contributed by atoms with Gasteiger partial charge in [-0.3, -0.25) is 4.90 Å². The van der Waals surface area contributed by atoms with Gasteiger partial charge in [-0.15, -0.1) is 0 Å². The number of hydrogen-bond acceptors (Lipinski definition) is 3. The molecule has 1 unspecified atom stereocenters. The molecule has 0 aromatic rings. The normalized spacial score (nSPS) is 23.2. The van der Waals surface area contributed by atoms with Crippen LogP contribution in [0.1, 0.15) is 27.7 Å². The summed E-state index contributed by atoms with van der Waals surface area (Å²) in [4.78, 5) is 4.99. The van der Waals surface area contributed by atoms with E-state index < -0.39 is 0 Å². The van der Waals surface area contributed by atoms with Gasteiger partial charge in [0.2, 0.25) is 0 Å². The lowest BCUT2D eigenvalue weighted by molar-refractivity contribution is -0.0449. The molecule has 0 radical (unpaired) electrons. The lowest BCUT2D eigenvalue weighted by Gasteiger charge is -2.36. The molecule has 0 aliphatic carbocycles. The van der Waals surface area contributed by atoms with Crippen LogP contribution in [0.4, 0.5) is 0 Å². The number of morpholine rings is 1. The zero-order chi connectivity index (χ0) is 12.0. The van der Waals surface area contributed by atoms with Gasteiger partial charge in [-0.2, -0.15) is 0 Å². The summed E-state index contributed by atoms with van der Waals surface area (Å²) in [5.41, 5.74) is 0. The van der Waals surface area contributed by atoms with E-state index in [1.807, 2.05) is 0 Å². The molecule has 1 fully saturated rings. The molecule has 1 heterocycles. The highest BCUT2D eigenvalue weighted by atomic mass is 16.5. The van der Waals surface area contributed by atoms with Gasteiger partial charge in [0.25, 0.3) is 0 Å². The first kappa shape index (κ1) is 13.9. The molecule has 0 amide bonds. The Bertz CT molecular complexity index is 181. The molecule has 0 bridgehead atoms. The fourth-order valence-corrected chi connectivity index (χ4v) is 2.34. The van der Waals surface area contributed by atoms with Crippen LogP contribution >= 0.6 is 0 Å². The SMILES string of the molecule is CCN(CC)CC1CN(CC(C)C)CCO1. The summed E-state index contributed by atoms with van der Waals surface area (Å²) in [5, 5.41) is 0. The van der Waals surface area contributed by atoms with Crippen molar-refractivity contribution in [2.24, 2.45) is 5.92 Å². The molecule has 0 spiro atoms. The lowest BCUT2D eigenvalue weighted by Crippen LogP contribution is -2.48. The van der Waals surface area contributed by atoms with Crippen LogP contribution in [0.15, 0.2) is 0 Å². The maximum Gasteiger partial charge on any atom is 0.0829 e. The van der Waals surface area contributed by atoms with Crippen molar-refractivity contribution in [3.8, 4) is 0 Å². The molecular weight excluding hydrogens is 200 g/mol. The molecule has 0 aromatic heterocycles. The monoisotopic (exact) mass is 228 g/mol. The van der Waals surface area contributed by atoms with E-state index in [0.717, 1.165) is 45.2 Å². The molecule has 3 heteroatoms. The zero-order valence-corrected chi connectivity index (χ0v) is 11.4. The fraction of sp³-hybridized carbons (Fsp3) is 1.00. The second-order valence-electron chi connectivity index (χ2n) is 5.13. The lowest BCUT2D eigenvalue weighted by atomic mass is 10.1. The summed E-state index contributed by atoms with van der Waals surface area (Å²) in [5.74, 6) is 0.757. The minimum Gasteiger partial charge on any atom is -0.374 e. The summed E-state index contributed by atoms with van der Waals surface area (Å²) in [7, 11) is 0. The van der Waals surface area contributed by atoms with Crippen LogP contribution in [-0.2, 0) is 4.74 Å². The van der Waals surface area contributed by atoms with E-state index in [4.69, 9.17) is 4.74 Å². The molecule has 0 aromatic carbocycles. The molecule has 0 saturated carbocycles. The minimum absolute atomic E-state index is 0.410. The molecule has 3 nitrogen and oxygen atoms in total. The van der Waals surface area contributed by atoms with Gasteiger partial charge in [0.15, 0.2) is 0 Å². The molecule has 0 N–H and O–H groups in total. The average Bonchev–Trinajstić information content (AvgIpc) is 2.25. The highest BCUT2D eigenvalue weighted by Gasteiger charge is 2.22. The van der Waals surface area contributed by atoms with Gasteiger partial charge < -0.3 is 9.64 Å². The van der Waals surface area contributed by atoms with Crippen molar-refractivity contribution in [2.45, 2.75) is 33.8 Å². The first-order valence-electron chi connectivity index (χ1n) is 6.72. The molecule has 96 valence electrons. The highest BCUT2D eigenvalue weighted by Crippen LogP contribution is 2.09. The Morgan fingerprint density at radius 1 is 1.31 bits per heavy atom. The average molecular weight is 228 g/mol. The van der Waals surface area contributed by atoms with Crippen molar-refractivity contribution in [1.82, 2.24) is 9.80 Å². The van der Waals surface area contributed by atoms with Crippen LogP contribution in [0.5, 0.6) is 0 Å². The Morgan fingerprint density at radius 2 is 2.00 bits per heavy atom. The molecular formula is C13H28N2O. The number of likely N-dealkylation sites (N-methyl/N-ethyl adjacent to an activating group) is 1. The van der Waals surface area contributed by atoms with E-state index in [2.05, 4.69) is 37.5 Å². The van der Waals surface area contributed by atoms with Crippen molar-refractivity contribution >= 4 is 0 Å². The van der Waals surface area contributed by atoms with E-state index >= 15 is 0 Å². The second kappa shape index (κ2) is 7.25. The Labute approximate surface area is 101 Å². The van der Waals surface area contributed by atoms with Gasteiger partial charge in [0.05, 0.1) is 12.7 Å². The van der Waals surface area contributed by atoms with Gasteiger partial charge in [-0.05, 0) is 19.0 Å². The predicted molar refractivity (Wildman–Crippen MR) is 68.8 cm³/mol. The first-order chi connectivity index (χ1) is 7.65. The maximum atomic E-state index is 5.84. The van der Waals surface area contributed by atoms with E-state index in [9.17, 15) is 0 Å². The predicted octanol–water partition coefficient (Wildman–Crippen LogP) is 1.68. The molecule has 1 aliphatic heterocycles. The third-order valence-electron chi connectivity index (χ3n) is 3.20. The van der Waals surface area contributed by atoms with Gasteiger partial charge >= 0.3 is 0 Å². The smallest absolute Gasteiger partial charge is 0.0829 e. The van der Waals surface area contributed by atoms with Gasteiger partial charge in [-0.25, -0.2) is 0 Å². The Balaban J connectivity index is 2.32. The number of rotatable bonds is 6. The van der Waals surface area contributed by atoms with Gasteiger partial charge in [-0.1, -0.05) is 27.7 Å². The van der Waals surface area contributed by atoms with E-state index in [1.165, 1.54) is 6.54 Å². The van der Waals surface area contributed by atoms with E-state index in [-0.39, 0.29) is 0 Å². The Kier molecular flexibility index (Phi) is 6.32. The summed E-state index contributed by atoms with van der Waals surface area (Å²) in [6.45, 7) is 16.7. The fourth-order valence-electron chi connectivity index (χ4n) is 2.34. The Hall–Kier alpha value is -0.120. The van der Waals surface area contributed by atoms with E-state index in [1.54, 1.807) is 0 Å². The topological polar surface area (TPSA) is 15.7 Å². The molecule has 16 heavy (non-hydrogen) atoms. The van der Waals surface area contributed by atoms with Crippen LogP contribution in [-0.4, -0.2) is 61.8 Å². The second-order valence-corrected chi connectivity index (χ2v) is 5.13. The molecule has 1 rings (SSSR count). The van der Waals surface area contributed by atoms with Crippen LogP contribution in [0, 0.1) is 5.92 Å². The summed E-state index contributed by atoms with van der Waals surface area (Å²) < 4.78 is 5.84. The summed E-state index contributed by atoms with van der Waals surface area (Å²) in [6.07, 6.45) is 0.410. The van der Waals surface area contributed by atoms with Crippen molar-refractivity contribution in [3.63, 3.8) is 0 Å². The largest absolute Gasteiger partial charge is 0.374 e.